The number of rotatable bonds is 6. The van der Waals surface area contributed by atoms with Crippen molar-refractivity contribution < 1.29 is 19.2 Å². The Balaban J connectivity index is 1.90. The summed E-state index contributed by atoms with van der Waals surface area (Å²) in [6.07, 6.45) is -1.07. The Morgan fingerprint density at radius 2 is 1.81 bits per heavy atom. The first-order valence-electron chi connectivity index (χ1n) is 8.33. The summed E-state index contributed by atoms with van der Waals surface area (Å²) in [7, 11) is 0. The van der Waals surface area contributed by atoms with E-state index in [2.05, 4.69) is 10.9 Å². The molecule has 1 unspecified atom stereocenters. The fourth-order valence-electron chi connectivity index (χ4n) is 2.38. The Morgan fingerprint density at radius 1 is 1.11 bits per heavy atom. The second kappa shape index (κ2) is 8.79. The van der Waals surface area contributed by atoms with Crippen molar-refractivity contribution in [1.82, 2.24) is 10.9 Å². The van der Waals surface area contributed by atoms with Crippen molar-refractivity contribution in [2.75, 3.05) is 0 Å². The van der Waals surface area contributed by atoms with E-state index in [0.717, 1.165) is 11.1 Å². The zero-order chi connectivity index (χ0) is 20.0. The minimum Gasteiger partial charge on any atom is -0.481 e. The molecule has 0 aliphatic rings. The van der Waals surface area contributed by atoms with Crippen LogP contribution in [0.3, 0.4) is 0 Å². The van der Waals surface area contributed by atoms with Crippen molar-refractivity contribution in [1.29, 1.82) is 0 Å². The highest BCUT2D eigenvalue weighted by Crippen LogP contribution is 2.21. The molecule has 0 aromatic heterocycles. The van der Waals surface area contributed by atoms with Crippen LogP contribution in [0.4, 0.5) is 5.69 Å². The van der Waals surface area contributed by atoms with Crippen LogP contribution in [-0.2, 0) is 16.0 Å². The fourth-order valence-corrected chi connectivity index (χ4v) is 2.38. The first kappa shape index (κ1) is 19.9. The topological polar surface area (TPSA) is 111 Å². The fraction of sp³-hybridized carbons (Fsp3) is 0.263. The van der Waals surface area contributed by atoms with Crippen LogP contribution in [-0.4, -0.2) is 22.8 Å². The molecule has 1 atom stereocenters. The first-order chi connectivity index (χ1) is 12.8. The smallest absolute Gasteiger partial charge is 0.279 e. The second-order valence-corrected chi connectivity index (χ2v) is 6.06. The minimum absolute atomic E-state index is 0.148. The van der Waals surface area contributed by atoms with Crippen LogP contribution in [0.15, 0.2) is 42.5 Å². The molecular weight excluding hydrogens is 350 g/mol. The summed E-state index contributed by atoms with van der Waals surface area (Å²) in [5.74, 6) is -0.521. The summed E-state index contributed by atoms with van der Waals surface area (Å²) < 4.78 is 5.64. The molecular formula is C19H21N3O5. The Bertz CT molecular complexity index is 866. The molecule has 0 aliphatic carbocycles. The summed E-state index contributed by atoms with van der Waals surface area (Å²) >= 11 is 0. The van der Waals surface area contributed by atoms with Gasteiger partial charge in [-0.1, -0.05) is 30.3 Å². The average molecular weight is 371 g/mol. The second-order valence-electron chi connectivity index (χ2n) is 6.06. The lowest BCUT2D eigenvalue weighted by Gasteiger charge is -2.17. The van der Waals surface area contributed by atoms with Crippen LogP contribution < -0.4 is 15.6 Å². The van der Waals surface area contributed by atoms with Gasteiger partial charge in [-0.05, 0) is 38.0 Å². The molecule has 0 fully saturated rings. The normalized spacial score (nSPS) is 11.4. The number of nitrogens with zero attached hydrogens (tertiary/aromatic N) is 1. The van der Waals surface area contributed by atoms with E-state index < -0.39 is 22.8 Å². The molecule has 2 N–H and O–H groups in total. The van der Waals surface area contributed by atoms with Gasteiger partial charge in [0.05, 0.1) is 11.3 Å². The van der Waals surface area contributed by atoms with Gasteiger partial charge in [0.1, 0.15) is 5.75 Å². The minimum atomic E-state index is -0.836. The molecule has 8 heteroatoms. The maximum atomic E-state index is 12.1. The van der Waals surface area contributed by atoms with Gasteiger partial charge in [-0.15, -0.1) is 0 Å². The van der Waals surface area contributed by atoms with Crippen LogP contribution in [0.2, 0.25) is 0 Å². The van der Waals surface area contributed by atoms with Crippen LogP contribution in [0.5, 0.6) is 5.75 Å². The van der Waals surface area contributed by atoms with Gasteiger partial charge in [0.15, 0.2) is 6.10 Å². The number of nitro benzene ring substituents is 1. The number of nitrogens with one attached hydrogen (secondary N) is 2. The first-order valence-corrected chi connectivity index (χ1v) is 8.33. The van der Waals surface area contributed by atoms with E-state index in [1.54, 1.807) is 19.1 Å². The van der Waals surface area contributed by atoms with Gasteiger partial charge in [0, 0.05) is 11.6 Å². The molecule has 2 aromatic carbocycles. The van der Waals surface area contributed by atoms with E-state index >= 15 is 0 Å². The number of hydrogen-bond acceptors (Lipinski definition) is 5. The molecule has 8 nitrogen and oxygen atoms in total. The van der Waals surface area contributed by atoms with E-state index in [1.165, 1.54) is 18.2 Å². The highest BCUT2D eigenvalue weighted by atomic mass is 16.6. The Kier molecular flexibility index (Phi) is 6.48. The molecule has 0 saturated heterocycles. The molecule has 0 heterocycles. The largest absolute Gasteiger partial charge is 0.481 e. The molecule has 2 rings (SSSR count). The molecule has 142 valence electrons. The lowest BCUT2D eigenvalue weighted by molar-refractivity contribution is -0.385. The molecule has 2 aromatic rings. The van der Waals surface area contributed by atoms with Gasteiger partial charge in [-0.2, -0.15) is 0 Å². The van der Waals surface area contributed by atoms with Gasteiger partial charge >= 0.3 is 0 Å². The SMILES string of the molecule is Cc1cccc(OC(C)C(=O)NNC(=O)Cc2ccccc2[N+](=O)[O-])c1C. The third-order valence-electron chi connectivity index (χ3n) is 4.09. The number of carbonyl (C=O) groups excluding carboxylic acids is 2. The van der Waals surface area contributed by atoms with E-state index in [9.17, 15) is 19.7 Å². The monoisotopic (exact) mass is 371 g/mol. The van der Waals surface area contributed by atoms with Crippen molar-refractivity contribution >= 4 is 17.5 Å². The number of aryl methyl sites for hydroxylation is 1. The van der Waals surface area contributed by atoms with Crippen molar-refractivity contribution in [2.45, 2.75) is 33.3 Å². The highest BCUT2D eigenvalue weighted by molar-refractivity contribution is 5.85. The Morgan fingerprint density at radius 3 is 2.52 bits per heavy atom. The molecule has 27 heavy (non-hydrogen) atoms. The number of carbonyl (C=O) groups is 2. The molecule has 0 aliphatic heterocycles. The molecule has 0 spiro atoms. The van der Waals surface area contributed by atoms with Crippen LogP contribution in [0, 0.1) is 24.0 Å². The Hall–Kier alpha value is -3.42. The van der Waals surface area contributed by atoms with Crippen LogP contribution >= 0.6 is 0 Å². The van der Waals surface area contributed by atoms with E-state index in [4.69, 9.17) is 4.74 Å². The van der Waals surface area contributed by atoms with E-state index in [-0.39, 0.29) is 17.7 Å². The summed E-state index contributed by atoms with van der Waals surface area (Å²) in [5.41, 5.74) is 6.60. The van der Waals surface area contributed by atoms with Crippen molar-refractivity contribution in [2.24, 2.45) is 0 Å². The number of hydrogen-bond donors (Lipinski definition) is 2. The molecule has 0 bridgehead atoms. The molecule has 2 amide bonds. The van der Waals surface area contributed by atoms with Gasteiger partial charge in [0.25, 0.3) is 11.6 Å². The molecule has 0 radical (unpaired) electrons. The molecule has 0 saturated carbocycles. The van der Waals surface area contributed by atoms with Crippen molar-refractivity contribution in [3.63, 3.8) is 0 Å². The highest BCUT2D eigenvalue weighted by Gasteiger charge is 2.19. The maximum absolute atomic E-state index is 12.1. The van der Waals surface area contributed by atoms with Crippen LogP contribution in [0.25, 0.3) is 0 Å². The summed E-state index contributed by atoms with van der Waals surface area (Å²) in [6, 6.07) is 11.5. The maximum Gasteiger partial charge on any atom is 0.279 e. The summed E-state index contributed by atoms with van der Waals surface area (Å²) in [6.45, 7) is 5.39. The van der Waals surface area contributed by atoms with Gasteiger partial charge < -0.3 is 4.74 Å². The number of para-hydroxylation sites is 1. The Labute approximate surface area is 156 Å². The predicted molar refractivity (Wildman–Crippen MR) is 99.1 cm³/mol. The predicted octanol–water partition coefficient (Wildman–Crippen LogP) is 2.37. The zero-order valence-corrected chi connectivity index (χ0v) is 15.3. The van der Waals surface area contributed by atoms with E-state index in [0.29, 0.717) is 5.75 Å². The number of nitro groups is 1. The van der Waals surface area contributed by atoms with Crippen molar-refractivity contribution in [3.05, 3.63) is 69.3 Å². The quantitative estimate of drug-likeness (QED) is 0.598. The lowest BCUT2D eigenvalue weighted by atomic mass is 10.1. The van der Waals surface area contributed by atoms with Crippen LogP contribution in [0.1, 0.15) is 23.6 Å². The summed E-state index contributed by atoms with van der Waals surface area (Å²) in [5, 5.41) is 11.0. The third kappa shape index (κ3) is 5.27. The number of ether oxygens (including phenoxy) is 1. The van der Waals surface area contributed by atoms with Gasteiger partial charge in [0.2, 0.25) is 5.91 Å². The number of benzene rings is 2. The van der Waals surface area contributed by atoms with Gasteiger partial charge in [-0.3, -0.25) is 30.6 Å². The number of hydrazine groups is 1. The average Bonchev–Trinajstić information content (AvgIpc) is 2.63. The lowest BCUT2D eigenvalue weighted by Crippen LogP contribution is -2.47. The van der Waals surface area contributed by atoms with Crippen molar-refractivity contribution in [3.8, 4) is 5.75 Å². The number of amides is 2. The summed E-state index contributed by atoms with van der Waals surface area (Å²) in [4.78, 5) is 34.5. The van der Waals surface area contributed by atoms with E-state index in [1.807, 2.05) is 26.0 Å². The third-order valence-corrected chi connectivity index (χ3v) is 4.09. The zero-order valence-electron chi connectivity index (χ0n) is 15.3. The van der Waals surface area contributed by atoms with Gasteiger partial charge in [-0.25, -0.2) is 0 Å². The standard InChI is InChI=1S/C19H21N3O5/c1-12-7-6-10-17(13(12)2)27-14(3)19(24)21-20-18(23)11-15-8-4-5-9-16(15)22(25)26/h4-10,14H,11H2,1-3H3,(H,20,23)(H,21,24).